The fraction of sp³-hybridized carbons (Fsp3) is 0.269. The molecule has 0 aliphatic carbocycles. The lowest BCUT2D eigenvalue weighted by Crippen LogP contribution is -2.26. The van der Waals surface area contributed by atoms with E-state index in [9.17, 15) is 4.79 Å². The first kappa shape index (κ1) is 22.2. The van der Waals surface area contributed by atoms with Gasteiger partial charge in [-0.3, -0.25) is 4.79 Å². The molecular formula is C26H29NO4. The predicted molar refractivity (Wildman–Crippen MR) is 123 cm³/mol. The minimum atomic E-state index is 0.0731. The van der Waals surface area contributed by atoms with Gasteiger partial charge in [-0.05, 0) is 34.7 Å². The molecular weight excluding hydrogens is 390 g/mol. The van der Waals surface area contributed by atoms with E-state index in [1.807, 2.05) is 37.4 Å². The van der Waals surface area contributed by atoms with E-state index >= 15 is 0 Å². The molecule has 0 fully saturated rings. The molecule has 0 aliphatic rings. The highest BCUT2D eigenvalue weighted by molar-refractivity contribution is 5.76. The minimum absolute atomic E-state index is 0.0731. The van der Waals surface area contributed by atoms with Gasteiger partial charge in [-0.15, -0.1) is 0 Å². The highest BCUT2D eigenvalue weighted by Crippen LogP contribution is 2.40. The van der Waals surface area contributed by atoms with Gasteiger partial charge in [0.2, 0.25) is 11.7 Å². The van der Waals surface area contributed by atoms with E-state index in [1.54, 1.807) is 26.2 Å². The molecule has 0 aromatic heterocycles. The van der Waals surface area contributed by atoms with Crippen LogP contribution in [0.25, 0.3) is 11.1 Å². The third-order valence-electron chi connectivity index (χ3n) is 5.30. The first-order chi connectivity index (χ1) is 15.1. The van der Waals surface area contributed by atoms with Gasteiger partial charge in [0.1, 0.15) is 0 Å². The van der Waals surface area contributed by atoms with Crippen LogP contribution < -0.4 is 14.2 Å². The summed E-state index contributed by atoms with van der Waals surface area (Å²) in [5.74, 6) is 1.82. The van der Waals surface area contributed by atoms with E-state index in [4.69, 9.17) is 14.2 Å². The fourth-order valence-corrected chi connectivity index (χ4v) is 3.59. The number of ether oxygens (including phenoxy) is 3. The van der Waals surface area contributed by atoms with E-state index in [0.717, 1.165) is 11.1 Å². The van der Waals surface area contributed by atoms with Crippen LogP contribution in [0.5, 0.6) is 17.2 Å². The maximum absolute atomic E-state index is 12.7. The van der Waals surface area contributed by atoms with Crippen LogP contribution in [0.3, 0.4) is 0 Å². The summed E-state index contributed by atoms with van der Waals surface area (Å²) in [4.78, 5) is 14.5. The van der Waals surface area contributed by atoms with E-state index in [2.05, 4.69) is 36.4 Å². The number of hydrogen-bond acceptors (Lipinski definition) is 4. The van der Waals surface area contributed by atoms with Crippen molar-refractivity contribution in [3.63, 3.8) is 0 Å². The van der Waals surface area contributed by atoms with Crippen molar-refractivity contribution >= 4 is 5.91 Å². The summed E-state index contributed by atoms with van der Waals surface area (Å²) in [5, 5.41) is 0. The lowest BCUT2D eigenvalue weighted by Gasteiger charge is -2.19. The summed E-state index contributed by atoms with van der Waals surface area (Å²) in [6.45, 7) is 0.566. The molecule has 0 bridgehead atoms. The molecule has 0 saturated carbocycles. The number of nitrogens with zero attached hydrogens (tertiary/aromatic N) is 1. The van der Waals surface area contributed by atoms with Gasteiger partial charge in [-0.2, -0.15) is 0 Å². The Bertz CT molecular complexity index is 1000. The molecule has 5 heteroatoms. The van der Waals surface area contributed by atoms with Crippen LogP contribution in [0.2, 0.25) is 0 Å². The van der Waals surface area contributed by atoms with Gasteiger partial charge in [0, 0.05) is 20.0 Å². The largest absolute Gasteiger partial charge is 0.493 e. The van der Waals surface area contributed by atoms with E-state index in [1.165, 1.54) is 11.1 Å². The van der Waals surface area contributed by atoms with Crippen LogP contribution in [-0.2, 0) is 17.8 Å². The molecule has 0 heterocycles. The highest BCUT2D eigenvalue weighted by atomic mass is 16.5. The van der Waals surface area contributed by atoms with Crippen LogP contribution >= 0.6 is 0 Å². The zero-order valence-corrected chi connectivity index (χ0v) is 18.6. The molecule has 3 rings (SSSR count). The van der Waals surface area contributed by atoms with Gasteiger partial charge < -0.3 is 19.1 Å². The van der Waals surface area contributed by atoms with Crippen LogP contribution in [0.1, 0.15) is 17.5 Å². The second kappa shape index (κ2) is 10.5. The topological polar surface area (TPSA) is 48.0 Å². The van der Waals surface area contributed by atoms with E-state index in [-0.39, 0.29) is 5.91 Å². The number of rotatable bonds is 9. The molecule has 0 saturated heterocycles. The van der Waals surface area contributed by atoms with Crippen molar-refractivity contribution in [2.24, 2.45) is 0 Å². The third kappa shape index (κ3) is 5.37. The Morgan fingerprint density at radius 3 is 2.03 bits per heavy atom. The lowest BCUT2D eigenvalue weighted by molar-refractivity contribution is -0.130. The summed E-state index contributed by atoms with van der Waals surface area (Å²) in [5.41, 5.74) is 4.36. The lowest BCUT2D eigenvalue weighted by atomic mass is 10.0. The summed E-state index contributed by atoms with van der Waals surface area (Å²) < 4.78 is 16.3. The third-order valence-corrected chi connectivity index (χ3v) is 5.30. The Morgan fingerprint density at radius 2 is 1.42 bits per heavy atom. The number of carbonyl (C=O) groups is 1. The Kier molecular flexibility index (Phi) is 7.55. The number of hydrogen-bond donors (Lipinski definition) is 0. The standard InChI is InChI=1S/C26H29NO4/c1-27(18-19-10-12-21(13-11-19)20-8-6-5-7-9-20)24(28)17-15-22-14-16-23(29-2)26(31-4)25(22)30-3/h5-14,16H,15,17-18H2,1-4H3. The van der Waals surface area contributed by atoms with Gasteiger partial charge in [0.25, 0.3) is 0 Å². The molecule has 3 aromatic carbocycles. The SMILES string of the molecule is COc1ccc(CCC(=O)N(C)Cc2ccc(-c3ccccc3)cc2)c(OC)c1OC. The normalized spacial score (nSPS) is 10.5. The maximum Gasteiger partial charge on any atom is 0.222 e. The van der Waals surface area contributed by atoms with Gasteiger partial charge >= 0.3 is 0 Å². The molecule has 0 unspecified atom stereocenters. The van der Waals surface area contributed by atoms with Crippen molar-refractivity contribution in [1.29, 1.82) is 0 Å². The van der Waals surface area contributed by atoms with Gasteiger partial charge in [-0.1, -0.05) is 60.7 Å². The number of benzene rings is 3. The average molecular weight is 420 g/mol. The molecule has 1 amide bonds. The van der Waals surface area contributed by atoms with Crippen molar-refractivity contribution in [1.82, 2.24) is 4.90 Å². The van der Waals surface area contributed by atoms with Crippen molar-refractivity contribution in [2.45, 2.75) is 19.4 Å². The number of amides is 1. The van der Waals surface area contributed by atoms with Crippen LogP contribution in [0.15, 0.2) is 66.7 Å². The monoisotopic (exact) mass is 419 g/mol. The first-order valence-electron chi connectivity index (χ1n) is 10.2. The maximum atomic E-state index is 12.7. The van der Waals surface area contributed by atoms with Crippen LogP contribution in [0, 0.1) is 0 Å². The Balaban J connectivity index is 1.61. The van der Waals surface area contributed by atoms with Crippen molar-refractivity contribution in [3.8, 4) is 28.4 Å². The number of aryl methyl sites for hydroxylation is 1. The first-order valence-corrected chi connectivity index (χ1v) is 10.2. The van der Waals surface area contributed by atoms with Crippen LogP contribution in [-0.4, -0.2) is 39.2 Å². The Morgan fingerprint density at radius 1 is 0.774 bits per heavy atom. The second-order valence-electron chi connectivity index (χ2n) is 7.31. The Labute approximate surface area is 184 Å². The predicted octanol–water partition coefficient (Wildman–Crippen LogP) is 4.97. The van der Waals surface area contributed by atoms with Gasteiger partial charge in [-0.25, -0.2) is 0 Å². The molecule has 0 aliphatic heterocycles. The quantitative estimate of drug-likeness (QED) is 0.491. The van der Waals surface area contributed by atoms with Crippen molar-refractivity contribution in [3.05, 3.63) is 77.9 Å². The van der Waals surface area contributed by atoms with Crippen molar-refractivity contribution < 1.29 is 19.0 Å². The van der Waals surface area contributed by atoms with E-state index < -0.39 is 0 Å². The summed E-state index contributed by atoms with van der Waals surface area (Å²) in [6.07, 6.45) is 0.935. The summed E-state index contributed by atoms with van der Waals surface area (Å²) in [7, 11) is 6.58. The van der Waals surface area contributed by atoms with Crippen LogP contribution in [0.4, 0.5) is 0 Å². The smallest absolute Gasteiger partial charge is 0.222 e. The van der Waals surface area contributed by atoms with Gasteiger partial charge in [0.15, 0.2) is 11.5 Å². The summed E-state index contributed by atoms with van der Waals surface area (Å²) in [6, 6.07) is 22.3. The molecule has 0 spiro atoms. The number of carbonyl (C=O) groups excluding carboxylic acids is 1. The minimum Gasteiger partial charge on any atom is -0.493 e. The second-order valence-corrected chi connectivity index (χ2v) is 7.31. The summed E-state index contributed by atoms with van der Waals surface area (Å²) >= 11 is 0. The fourth-order valence-electron chi connectivity index (χ4n) is 3.59. The zero-order chi connectivity index (χ0) is 22.2. The van der Waals surface area contributed by atoms with Crippen molar-refractivity contribution in [2.75, 3.05) is 28.4 Å². The average Bonchev–Trinajstić information content (AvgIpc) is 2.82. The van der Waals surface area contributed by atoms with Gasteiger partial charge in [0.05, 0.1) is 21.3 Å². The molecule has 0 radical (unpaired) electrons. The molecule has 31 heavy (non-hydrogen) atoms. The zero-order valence-electron chi connectivity index (χ0n) is 18.6. The molecule has 0 atom stereocenters. The Hall–Kier alpha value is -3.47. The molecule has 162 valence electrons. The molecule has 5 nitrogen and oxygen atoms in total. The molecule has 0 N–H and O–H groups in total. The molecule has 3 aromatic rings. The highest BCUT2D eigenvalue weighted by Gasteiger charge is 2.17. The number of methoxy groups -OCH3 is 3. The van der Waals surface area contributed by atoms with E-state index in [0.29, 0.717) is 36.6 Å².